The largest absolute Gasteiger partial charge is 0.465 e. The molecule has 1 rings (SSSR count). The lowest BCUT2D eigenvalue weighted by Crippen LogP contribution is -2.56. The van der Waals surface area contributed by atoms with Gasteiger partial charge in [0.2, 0.25) is 0 Å². The van der Waals surface area contributed by atoms with Crippen LogP contribution < -0.4 is 5.32 Å². The molecule has 1 saturated heterocycles. The van der Waals surface area contributed by atoms with Gasteiger partial charge in [0.25, 0.3) is 0 Å². The van der Waals surface area contributed by atoms with E-state index in [1.54, 1.807) is 0 Å². The Morgan fingerprint density at radius 3 is 3.08 bits per heavy atom. The summed E-state index contributed by atoms with van der Waals surface area (Å²) in [5.74, 6) is 0. The minimum atomic E-state index is -0.936. The molecule has 0 aliphatic carbocycles. The first-order chi connectivity index (χ1) is 6.15. The van der Waals surface area contributed by atoms with Crippen molar-refractivity contribution in [1.82, 2.24) is 10.2 Å². The molecule has 1 aliphatic heterocycles. The molecule has 0 aromatic carbocycles. The fourth-order valence-corrected chi connectivity index (χ4v) is 1.48. The average molecular weight is 183 g/mol. The number of nitrogens with one attached hydrogen (secondary N) is 1. The Morgan fingerprint density at radius 1 is 1.85 bits per heavy atom. The van der Waals surface area contributed by atoms with Crippen LogP contribution in [-0.4, -0.2) is 41.3 Å². The van der Waals surface area contributed by atoms with Crippen molar-refractivity contribution in [1.29, 1.82) is 5.26 Å². The second-order valence-corrected chi connectivity index (χ2v) is 3.26. The van der Waals surface area contributed by atoms with Crippen LogP contribution in [0.3, 0.4) is 0 Å². The van der Waals surface area contributed by atoms with Crippen molar-refractivity contribution in [3.8, 4) is 6.07 Å². The van der Waals surface area contributed by atoms with Crippen LogP contribution in [0.5, 0.6) is 0 Å². The number of piperazine rings is 1. The SMILES string of the molecule is C[C@H]1CN(C(=O)O)[C@@H](CC#N)CN1. The van der Waals surface area contributed by atoms with Crippen LogP contribution in [0.15, 0.2) is 0 Å². The summed E-state index contributed by atoms with van der Waals surface area (Å²) in [5, 5.41) is 20.5. The standard InChI is InChI=1S/C8H13N3O2/c1-6-5-11(8(12)13)7(2-3-9)4-10-6/h6-7,10H,2,4-5H2,1H3,(H,12,13)/t6-,7-/m0/s1. The number of carbonyl (C=O) groups is 1. The smallest absolute Gasteiger partial charge is 0.407 e. The van der Waals surface area contributed by atoms with Gasteiger partial charge in [-0.15, -0.1) is 0 Å². The maximum absolute atomic E-state index is 10.8. The van der Waals surface area contributed by atoms with Crippen LogP contribution in [0.25, 0.3) is 0 Å². The average Bonchev–Trinajstić information content (AvgIpc) is 2.08. The molecule has 0 saturated carbocycles. The molecule has 72 valence electrons. The van der Waals surface area contributed by atoms with Gasteiger partial charge in [-0.25, -0.2) is 4.79 Å². The Hall–Kier alpha value is -1.28. The van der Waals surface area contributed by atoms with E-state index in [2.05, 4.69) is 5.32 Å². The van der Waals surface area contributed by atoms with Crippen molar-refractivity contribution in [2.75, 3.05) is 13.1 Å². The summed E-state index contributed by atoms with van der Waals surface area (Å²) in [6.07, 6.45) is -0.681. The lowest BCUT2D eigenvalue weighted by Gasteiger charge is -2.36. The Balaban J connectivity index is 2.61. The quantitative estimate of drug-likeness (QED) is 0.610. The Bertz CT molecular complexity index is 236. The molecule has 1 fully saturated rings. The first-order valence-electron chi connectivity index (χ1n) is 4.25. The van der Waals surface area contributed by atoms with E-state index in [9.17, 15) is 4.79 Å². The van der Waals surface area contributed by atoms with Crippen LogP contribution in [0.2, 0.25) is 0 Å². The summed E-state index contributed by atoms with van der Waals surface area (Å²) in [6, 6.07) is 1.97. The molecule has 0 bridgehead atoms. The predicted molar refractivity (Wildman–Crippen MR) is 46.2 cm³/mol. The zero-order chi connectivity index (χ0) is 9.84. The zero-order valence-corrected chi connectivity index (χ0v) is 7.53. The van der Waals surface area contributed by atoms with Crippen molar-refractivity contribution in [3.05, 3.63) is 0 Å². The minimum absolute atomic E-state index is 0.172. The van der Waals surface area contributed by atoms with Gasteiger partial charge in [-0.3, -0.25) is 0 Å². The topological polar surface area (TPSA) is 76.4 Å². The first kappa shape index (κ1) is 9.81. The van der Waals surface area contributed by atoms with E-state index in [0.29, 0.717) is 13.1 Å². The monoisotopic (exact) mass is 183 g/mol. The molecule has 5 nitrogen and oxygen atoms in total. The van der Waals surface area contributed by atoms with Crippen molar-refractivity contribution in [3.63, 3.8) is 0 Å². The minimum Gasteiger partial charge on any atom is -0.465 e. The highest BCUT2D eigenvalue weighted by Gasteiger charge is 2.28. The summed E-state index contributed by atoms with van der Waals surface area (Å²) >= 11 is 0. The van der Waals surface area contributed by atoms with Crippen LogP contribution in [0, 0.1) is 11.3 Å². The molecule has 2 atom stereocenters. The predicted octanol–water partition coefficient (Wildman–Crippen LogP) is 0.240. The van der Waals surface area contributed by atoms with E-state index in [1.807, 2.05) is 13.0 Å². The van der Waals surface area contributed by atoms with Gasteiger partial charge in [0, 0.05) is 19.1 Å². The molecule has 1 amide bonds. The number of carboxylic acid groups (broad SMARTS) is 1. The summed E-state index contributed by atoms with van der Waals surface area (Å²) in [6.45, 7) is 2.96. The Labute approximate surface area is 76.9 Å². The van der Waals surface area contributed by atoms with Crippen LogP contribution in [0.1, 0.15) is 13.3 Å². The lowest BCUT2D eigenvalue weighted by molar-refractivity contribution is 0.102. The summed E-state index contributed by atoms with van der Waals surface area (Å²) in [7, 11) is 0. The third kappa shape index (κ3) is 2.33. The van der Waals surface area contributed by atoms with Crippen LogP contribution in [0.4, 0.5) is 4.79 Å². The van der Waals surface area contributed by atoms with E-state index >= 15 is 0 Å². The van der Waals surface area contributed by atoms with E-state index in [-0.39, 0.29) is 18.5 Å². The van der Waals surface area contributed by atoms with Gasteiger partial charge in [0.1, 0.15) is 0 Å². The second kappa shape index (κ2) is 4.10. The highest BCUT2D eigenvalue weighted by Crippen LogP contribution is 2.09. The second-order valence-electron chi connectivity index (χ2n) is 3.26. The molecule has 1 heterocycles. The normalized spacial score (nSPS) is 28.2. The van der Waals surface area contributed by atoms with Gasteiger partial charge < -0.3 is 15.3 Å². The Morgan fingerprint density at radius 2 is 2.54 bits per heavy atom. The summed E-state index contributed by atoms with van der Waals surface area (Å²) in [5.41, 5.74) is 0. The molecule has 5 heteroatoms. The van der Waals surface area contributed by atoms with E-state index in [0.717, 1.165) is 0 Å². The third-order valence-corrected chi connectivity index (χ3v) is 2.19. The lowest BCUT2D eigenvalue weighted by atomic mass is 10.1. The molecule has 0 radical (unpaired) electrons. The molecule has 0 unspecified atom stereocenters. The van der Waals surface area contributed by atoms with Gasteiger partial charge in [0.15, 0.2) is 0 Å². The number of hydrogen-bond donors (Lipinski definition) is 2. The highest BCUT2D eigenvalue weighted by atomic mass is 16.4. The molecule has 2 N–H and O–H groups in total. The number of nitrogens with zero attached hydrogens (tertiary/aromatic N) is 2. The summed E-state index contributed by atoms with van der Waals surface area (Å²) in [4.78, 5) is 12.1. The maximum atomic E-state index is 10.8. The fourth-order valence-electron chi connectivity index (χ4n) is 1.48. The molecule has 1 aliphatic rings. The van der Waals surface area contributed by atoms with Gasteiger partial charge in [-0.1, -0.05) is 0 Å². The third-order valence-electron chi connectivity index (χ3n) is 2.19. The van der Waals surface area contributed by atoms with Crippen molar-refractivity contribution < 1.29 is 9.90 Å². The molecule has 13 heavy (non-hydrogen) atoms. The Kier molecular flexibility index (Phi) is 3.09. The van der Waals surface area contributed by atoms with Gasteiger partial charge >= 0.3 is 6.09 Å². The number of nitriles is 1. The summed E-state index contributed by atoms with van der Waals surface area (Å²) < 4.78 is 0. The first-order valence-corrected chi connectivity index (χ1v) is 4.25. The molecular weight excluding hydrogens is 170 g/mol. The van der Waals surface area contributed by atoms with Gasteiger partial charge in [0.05, 0.1) is 18.5 Å². The molecule has 0 aromatic rings. The van der Waals surface area contributed by atoms with Crippen molar-refractivity contribution in [2.24, 2.45) is 0 Å². The molecule has 0 aromatic heterocycles. The maximum Gasteiger partial charge on any atom is 0.407 e. The highest BCUT2D eigenvalue weighted by molar-refractivity contribution is 5.65. The van der Waals surface area contributed by atoms with Crippen LogP contribution >= 0.6 is 0 Å². The van der Waals surface area contributed by atoms with Gasteiger partial charge in [-0.05, 0) is 6.92 Å². The molecule has 0 spiro atoms. The number of rotatable bonds is 1. The number of amides is 1. The van der Waals surface area contributed by atoms with Crippen molar-refractivity contribution >= 4 is 6.09 Å². The number of hydrogen-bond acceptors (Lipinski definition) is 3. The van der Waals surface area contributed by atoms with Gasteiger partial charge in [-0.2, -0.15) is 5.26 Å². The van der Waals surface area contributed by atoms with E-state index < -0.39 is 6.09 Å². The zero-order valence-electron chi connectivity index (χ0n) is 7.53. The van der Waals surface area contributed by atoms with E-state index in [4.69, 9.17) is 10.4 Å². The van der Waals surface area contributed by atoms with Crippen molar-refractivity contribution in [2.45, 2.75) is 25.4 Å². The molecular formula is C8H13N3O2. The van der Waals surface area contributed by atoms with E-state index in [1.165, 1.54) is 4.90 Å². The fraction of sp³-hybridized carbons (Fsp3) is 0.750. The van der Waals surface area contributed by atoms with Crippen LogP contribution in [-0.2, 0) is 0 Å².